The molecule has 1 aromatic carbocycles. The normalized spacial score (nSPS) is 11.0. The Morgan fingerprint density at radius 3 is 2.68 bits per heavy atom. The number of nitrogens with one attached hydrogen (secondary N) is 3. The third-order valence-corrected chi connectivity index (χ3v) is 3.14. The van der Waals surface area contributed by atoms with Crippen LogP contribution in [0.1, 0.15) is 16.1 Å². The average molecular weight is 257 g/mol. The van der Waals surface area contributed by atoms with Crippen LogP contribution in [-0.2, 0) is 0 Å². The van der Waals surface area contributed by atoms with Crippen LogP contribution >= 0.6 is 0 Å². The average Bonchev–Trinajstić information content (AvgIpc) is 2.88. The van der Waals surface area contributed by atoms with E-state index in [1.807, 2.05) is 31.2 Å². The van der Waals surface area contributed by atoms with E-state index >= 15 is 0 Å². The van der Waals surface area contributed by atoms with Gasteiger partial charge in [0.1, 0.15) is 0 Å². The molecule has 0 aliphatic heterocycles. The van der Waals surface area contributed by atoms with Gasteiger partial charge in [-0.3, -0.25) is 15.0 Å². The number of fused-ring (bicyclic) bond motifs is 1. The number of carbonyl (C=O) groups is 1. The molecule has 96 valence electrons. The van der Waals surface area contributed by atoms with Gasteiger partial charge in [-0.15, -0.1) is 0 Å². The zero-order valence-electron chi connectivity index (χ0n) is 10.1. The van der Waals surface area contributed by atoms with Crippen LogP contribution in [0.3, 0.4) is 0 Å². The molecule has 0 aliphatic carbocycles. The Bertz CT molecular complexity index is 838. The standard InChI is InChI=1S/C13H11N3O3/c1-6-9(7-4-2-3-5-8(7)14-6)11-10(13(18)19)12(17)16-15-11/h2-5,14H,1H3,(H,18,19)(H2,15,16,17). The smallest absolute Gasteiger partial charge is 0.343 e. The van der Waals surface area contributed by atoms with Gasteiger partial charge in [-0.05, 0) is 13.0 Å². The van der Waals surface area contributed by atoms with Crippen molar-refractivity contribution in [2.24, 2.45) is 0 Å². The Morgan fingerprint density at radius 1 is 1.21 bits per heavy atom. The molecule has 0 radical (unpaired) electrons. The van der Waals surface area contributed by atoms with E-state index < -0.39 is 11.5 Å². The van der Waals surface area contributed by atoms with Crippen LogP contribution in [0.5, 0.6) is 0 Å². The second kappa shape index (κ2) is 3.88. The fraction of sp³-hybridized carbons (Fsp3) is 0.0769. The molecule has 0 saturated carbocycles. The Morgan fingerprint density at radius 2 is 1.95 bits per heavy atom. The molecule has 0 spiro atoms. The first kappa shape index (κ1) is 11.3. The SMILES string of the molecule is Cc1[nH]c2ccccc2c1-c1[nH][nH]c(=O)c1C(=O)O. The Kier molecular flexibility index (Phi) is 2.31. The van der Waals surface area contributed by atoms with E-state index in [0.717, 1.165) is 16.6 Å². The Balaban J connectivity index is 2.40. The lowest BCUT2D eigenvalue weighted by atomic mass is 10.0. The summed E-state index contributed by atoms with van der Waals surface area (Å²) in [6.07, 6.45) is 0. The summed E-state index contributed by atoms with van der Waals surface area (Å²) in [6, 6.07) is 7.53. The first-order valence-electron chi connectivity index (χ1n) is 5.71. The molecular weight excluding hydrogens is 246 g/mol. The van der Waals surface area contributed by atoms with Crippen LogP contribution in [0.25, 0.3) is 22.2 Å². The first-order chi connectivity index (χ1) is 9.09. The van der Waals surface area contributed by atoms with E-state index in [-0.39, 0.29) is 5.56 Å². The van der Waals surface area contributed by atoms with Crippen molar-refractivity contribution in [1.29, 1.82) is 0 Å². The zero-order valence-corrected chi connectivity index (χ0v) is 10.1. The lowest BCUT2D eigenvalue weighted by Crippen LogP contribution is -2.12. The molecule has 0 bridgehead atoms. The van der Waals surface area contributed by atoms with Gasteiger partial charge in [-0.25, -0.2) is 4.79 Å². The van der Waals surface area contributed by atoms with Crippen molar-refractivity contribution in [1.82, 2.24) is 15.2 Å². The maximum Gasteiger partial charge on any atom is 0.343 e. The molecule has 2 heterocycles. The molecule has 0 saturated heterocycles. The van der Waals surface area contributed by atoms with Crippen LogP contribution in [-0.4, -0.2) is 26.3 Å². The highest BCUT2D eigenvalue weighted by atomic mass is 16.4. The summed E-state index contributed by atoms with van der Waals surface area (Å²) in [5, 5.41) is 15.0. The zero-order chi connectivity index (χ0) is 13.6. The van der Waals surface area contributed by atoms with E-state index in [0.29, 0.717) is 11.3 Å². The molecule has 3 aromatic rings. The second-order valence-electron chi connectivity index (χ2n) is 4.30. The number of aromatic amines is 3. The summed E-state index contributed by atoms with van der Waals surface area (Å²) in [7, 11) is 0. The maximum absolute atomic E-state index is 11.5. The molecule has 19 heavy (non-hydrogen) atoms. The number of para-hydroxylation sites is 1. The van der Waals surface area contributed by atoms with Gasteiger partial charge in [0.25, 0.3) is 5.56 Å². The largest absolute Gasteiger partial charge is 0.477 e. The van der Waals surface area contributed by atoms with E-state index in [4.69, 9.17) is 5.11 Å². The number of H-pyrrole nitrogens is 3. The number of rotatable bonds is 2. The summed E-state index contributed by atoms with van der Waals surface area (Å²) >= 11 is 0. The summed E-state index contributed by atoms with van der Waals surface area (Å²) in [5.74, 6) is -1.25. The third kappa shape index (κ3) is 1.57. The van der Waals surface area contributed by atoms with Crippen molar-refractivity contribution in [3.05, 3.63) is 45.9 Å². The van der Waals surface area contributed by atoms with E-state index in [1.54, 1.807) is 0 Å². The summed E-state index contributed by atoms with van der Waals surface area (Å²) in [5.41, 5.74) is 1.80. The van der Waals surface area contributed by atoms with Crippen LogP contribution < -0.4 is 5.56 Å². The number of aromatic nitrogens is 3. The van der Waals surface area contributed by atoms with Gasteiger partial charge in [0.2, 0.25) is 0 Å². The molecule has 0 amide bonds. The first-order valence-corrected chi connectivity index (χ1v) is 5.71. The summed E-state index contributed by atoms with van der Waals surface area (Å²) in [4.78, 5) is 25.9. The topological polar surface area (TPSA) is 102 Å². The molecule has 6 nitrogen and oxygen atoms in total. The van der Waals surface area contributed by atoms with Crippen LogP contribution in [0.4, 0.5) is 0 Å². The predicted octanol–water partition coefficient (Wildman–Crippen LogP) is 1.86. The highest BCUT2D eigenvalue weighted by Gasteiger charge is 2.22. The van der Waals surface area contributed by atoms with Crippen molar-refractivity contribution in [2.75, 3.05) is 0 Å². The molecule has 2 aromatic heterocycles. The minimum atomic E-state index is -1.25. The van der Waals surface area contributed by atoms with Gasteiger partial charge in [0, 0.05) is 22.2 Å². The molecular formula is C13H11N3O3. The van der Waals surface area contributed by atoms with Crippen molar-refractivity contribution in [3.8, 4) is 11.3 Å². The second-order valence-corrected chi connectivity index (χ2v) is 4.30. The van der Waals surface area contributed by atoms with Crippen molar-refractivity contribution in [3.63, 3.8) is 0 Å². The number of carboxylic acid groups (broad SMARTS) is 1. The van der Waals surface area contributed by atoms with Crippen LogP contribution in [0, 0.1) is 6.92 Å². The van der Waals surface area contributed by atoms with E-state index in [2.05, 4.69) is 15.2 Å². The third-order valence-electron chi connectivity index (χ3n) is 3.14. The fourth-order valence-electron chi connectivity index (χ4n) is 2.35. The molecule has 0 fully saturated rings. The minimum absolute atomic E-state index is 0.271. The van der Waals surface area contributed by atoms with Gasteiger partial charge < -0.3 is 10.1 Å². The number of carboxylic acids is 1. The molecule has 0 unspecified atom stereocenters. The predicted molar refractivity (Wildman–Crippen MR) is 70.4 cm³/mol. The monoisotopic (exact) mass is 257 g/mol. The molecule has 0 atom stereocenters. The van der Waals surface area contributed by atoms with Crippen molar-refractivity contribution < 1.29 is 9.90 Å². The number of benzene rings is 1. The summed E-state index contributed by atoms with van der Waals surface area (Å²) in [6.45, 7) is 1.84. The van der Waals surface area contributed by atoms with E-state index in [9.17, 15) is 9.59 Å². The Labute approximate surface area is 107 Å². The van der Waals surface area contributed by atoms with E-state index in [1.165, 1.54) is 0 Å². The van der Waals surface area contributed by atoms with Gasteiger partial charge in [-0.1, -0.05) is 18.2 Å². The van der Waals surface area contributed by atoms with Gasteiger partial charge in [-0.2, -0.15) is 0 Å². The van der Waals surface area contributed by atoms with Crippen molar-refractivity contribution >= 4 is 16.9 Å². The fourth-order valence-corrected chi connectivity index (χ4v) is 2.35. The van der Waals surface area contributed by atoms with Crippen LogP contribution in [0.15, 0.2) is 29.1 Å². The number of hydrogen-bond acceptors (Lipinski definition) is 2. The maximum atomic E-state index is 11.5. The molecule has 4 N–H and O–H groups in total. The minimum Gasteiger partial charge on any atom is -0.477 e. The number of aromatic carboxylic acids is 1. The quantitative estimate of drug-likeness (QED) is 0.563. The number of aryl methyl sites for hydroxylation is 1. The lowest BCUT2D eigenvalue weighted by molar-refractivity contribution is 0.0696. The van der Waals surface area contributed by atoms with Gasteiger partial charge >= 0.3 is 5.97 Å². The lowest BCUT2D eigenvalue weighted by Gasteiger charge is -1.99. The van der Waals surface area contributed by atoms with Crippen molar-refractivity contribution in [2.45, 2.75) is 6.92 Å². The summed E-state index contributed by atoms with van der Waals surface area (Å²) < 4.78 is 0. The highest BCUT2D eigenvalue weighted by Crippen LogP contribution is 2.31. The number of hydrogen-bond donors (Lipinski definition) is 4. The van der Waals surface area contributed by atoms with Gasteiger partial charge in [0.05, 0.1) is 5.69 Å². The molecule has 0 aliphatic rings. The molecule has 3 rings (SSSR count). The molecule has 6 heteroatoms. The Hall–Kier alpha value is -2.76. The van der Waals surface area contributed by atoms with Crippen LogP contribution in [0.2, 0.25) is 0 Å². The van der Waals surface area contributed by atoms with Gasteiger partial charge in [0.15, 0.2) is 5.56 Å². The highest BCUT2D eigenvalue weighted by molar-refractivity contribution is 6.02.